The summed E-state index contributed by atoms with van der Waals surface area (Å²) in [5, 5.41) is 3.69. The molecule has 6 heteroatoms. The lowest BCUT2D eigenvalue weighted by Crippen LogP contribution is -2.51. The number of likely N-dealkylation sites (tertiary alicyclic amines) is 1. The van der Waals surface area contributed by atoms with Gasteiger partial charge in [0.05, 0.1) is 17.6 Å². The van der Waals surface area contributed by atoms with Crippen LogP contribution in [-0.2, 0) is 28.0 Å². The largest absolute Gasteiger partial charge is 0.381 e. The molecule has 0 unspecified atom stereocenters. The number of nitrogens with zero attached hydrogens (tertiary/aromatic N) is 3. The number of rotatable bonds is 2. The van der Waals surface area contributed by atoms with Crippen molar-refractivity contribution < 1.29 is 9.53 Å². The van der Waals surface area contributed by atoms with Crippen molar-refractivity contribution in [3.05, 3.63) is 17.7 Å². The Morgan fingerprint density at radius 3 is 2.62 bits per heavy atom. The van der Waals surface area contributed by atoms with E-state index in [0.29, 0.717) is 12.0 Å². The molecule has 2 saturated heterocycles. The van der Waals surface area contributed by atoms with Crippen LogP contribution in [-0.4, -0.2) is 53.2 Å². The SMILES string of the molecule is O=C(Cn1cnc2c1CCNC21CCOCC1)N1CCC2(CCC2)CC1. The van der Waals surface area contributed by atoms with E-state index in [2.05, 4.69) is 14.8 Å². The summed E-state index contributed by atoms with van der Waals surface area (Å²) in [6, 6.07) is 0. The molecule has 1 saturated carbocycles. The van der Waals surface area contributed by atoms with Gasteiger partial charge in [-0.15, -0.1) is 0 Å². The fourth-order valence-electron chi connectivity index (χ4n) is 5.50. The Morgan fingerprint density at radius 2 is 1.92 bits per heavy atom. The molecule has 1 N–H and O–H groups in total. The molecule has 5 rings (SSSR count). The van der Waals surface area contributed by atoms with Crippen molar-refractivity contribution in [2.24, 2.45) is 5.41 Å². The van der Waals surface area contributed by atoms with Gasteiger partial charge >= 0.3 is 0 Å². The molecule has 26 heavy (non-hydrogen) atoms. The predicted molar refractivity (Wildman–Crippen MR) is 97.8 cm³/mol. The molecule has 142 valence electrons. The molecule has 0 atom stereocenters. The van der Waals surface area contributed by atoms with Gasteiger partial charge in [0.2, 0.25) is 5.91 Å². The molecule has 4 aliphatic rings. The van der Waals surface area contributed by atoms with E-state index < -0.39 is 0 Å². The molecule has 3 fully saturated rings. The van der Waals surface area contributed by atoms with Gasteiger partial charge in [0, 0.05) is 45.0 Å². The lowest BCUT2D eigenvalue weighted by molar-refractivity contribution is -0.135. The molecule has 4 heterocycles. The van der Waals surface area contributed by atoms with Crippen LogP contribution in [0.1, 0.15) is 56.3 Å². The number of amides is 1. The average molecular weight is 358 g/mol. The number of carbonyl (C=O) groups excluding carboxylic acids is 1. The smallest absolute Gasteiger partial charge is 0.242 e. The first-order valence-electron chi connectivity index (χ1n) is 10.3. The van der Waals surface area contributed by atoms with Gasteiger partial charge in [0.1, 0.15) is 6.54 Å². The summed E-state index contributed by atoms with van der Waals surface area (Å²) >= 11 is 0. The minimum Gasteiger partial charge on any atom is -0.381 e. The van der Waals surface area contributed by atoms with Crippen molar-refractivity contribution in [1.29, 1.82) is 0 Å². The summed E-state index contributed by atoms with van der Waals surface area (Å²) in [5.74, 6) is 0.263. The zero-order valence-electron chi connectivity index (χ0n) is 15.6. The third-order valence-corrected chi connectivity index (χ3v) is 7.47. The molecule has 1 aromatic heterocycles. The molecule has 6 nitrogen and oxygen atoms in total. The summed E-state index contributed by atoms with van der Waals surface area (Å²) in [4.78, 5) is 19.7. The van der Waals surface area contributed by atoms with Gasteiger partial charge in [-0.2, -0.15) is 0 Å². The number of fused-ring (bicyclic) bond motifs is 2. The number of imidazole rings is 1. The number of piperidine rings is 1. The summed E-state index contributed by atoms with van der Waals surface area (Å²) in [7, 11) is 0. The summed E-state index contributed by atoms with van der Waals surface area (Å²) < 4.78 is 7.67. The minimum absolute atomic E-state index is 0.0398. The number of hydrogen-bond acceptors (Lipinski definition) is 4. The van der Waals surface area contributed by atoms with Crippen LogP contribution in [0.5, 0.6) is 0 Å². The van der Waals surface area contributed by atoms with Crippen LogP contribution in [0.2, 0.25) is 0 Å². The number of nitrogens with one attached hydrogen (secondary N) is 1. The Morgan fingerprint density at radius 1 is 1.15 bits per heavy atom. The first-order chi connectivity index (χ1) is 12.7. The number of carbonyl (C=O) groups is 1. The molecule has 3 aliphatic heterocycles. The Labute approximate surface area is 155 Å². The predicted octanol–water partition coefficient (Wildman–Crippen LogP) is 1.83. The molecule has 1 aromatic rings. The topological polar surface area (TPSA) is 59.4 Å². The summed E-state index contributed by atoms with van der Waals surface area (Å²) in [6.07, 6.45) is 11.3. The van der Waals surface area contributed by atoms with Gasteiger partial charge < -0.3 is 19.5 Å². The maximum atomic E-state index is 12.9. The number of hydrogen-bond donors (Lipinski definition) is 1. The Hall–Kier alpha value is -1.40. The molecule has 0 aromatic carbocycles. The van der Waals surface area contributed by atoms with Gasteiger partial charge in [0.15, 0.2) is 0 Å². The second-order valence-corrected chi connectivity index (χ2v) is 8.77. The van der Waals surface area contributed by atoms with Crippen LogP contribution >= 0.6 is 0 Å². The molecular formula is C20H30N4O2. The van der Waals surface area contributed by atoms with Crippen LogP contribution in [0, 0.1) is 5.41 Å². The number of aromatic nitrogens is 2. The van der Waals surface area contributed by atoms with Crippen molar-refractivity contribution in [2.75, 3.05) is 32.8 Å². The van der Waals surface area contributed by atoms with Crippen LogP contribution in [0.3, 0.4) is 0 Å². The monoisotopic (exact) mass is 358 g/mol. The lowest BCUT2D eigenvalue weighted by atomic mass is 9.63. The minimum atomic E-state index is -0.0398. The Kier molecular flexibility index (Phi) is 4.09. The van der Waals surface area contributed by atoms with Crippen molar-refractivity contribution in [3.8, 4) is 0 Å². The molecule has 1 aliphatic carbocycles. The molecular weight excluding hydrogens is 328 g/mol. The van der Waals surface area contributed by atoms with E-state index in [4.69, 9.17) is 9.72 Å². The highest BCUT2D eigenvalue weighted by atomic mass is 16.5. The summed E-state index contributed by atoms with van der Waals surface area (Å²) in [6.45, 7) is 4.86. The second kappa shape index (κ2) is 6.34. The number of ether oxygens (including phenoxy) is 1. The Bertz CT molecular complexity index is 678. The van der Waals surface area contributed by atoms with Crippen molar-refractivity contribution in [1.82, 2.24) is 19.8 Å². The van der Waals surface area contributed by atoms with Crippen LogP contribution in [0.15, 0.2) is 6.33 Å². The van der Waals surface area contributed by atoms with E-state index in [0.717, 1.165) is 57.8 Å². The molecule has 0 bridgehead atoms. The zero-order chi connectivity index (χ0) is 17.6. The van der Waals surface area contributed by atoms with Crippen LogP contribution in [0.4, 0.5) is 0 Å². The van der Waals surface area contributed by atoms with Gasteiger partial charge in [-0.25, -0.2) is 4.98 Å². The maximum absolute atomic E-state index is 12.9. The summed E-state index contributed by atoms with van der Waals surface area (Å²) in [5.41, 5.74) is 2.96. The van der Waals surface area contributed by atoms with Crippen LogP contribution < -0.4 is 5.32 Å². The third kappa shape index (κ3) is 2.69. The van der Waals surface area contributed by atoms with E-state index >= 15 is 0 Å². The normalized spacial score (nSPS) is 26.5. The van der Waals surface area contributed by atoms with Crippen molar-refractivity contribution in [2.45, 2.75) is 63.5 Å². The van der Waals surface area contributed by atoms with Gasteiger partial charge in [-0.05, 0) is 43.9 Å². The van der Waals surface area contributed by atoms with Gasteiger partial charge in [-0.3, -0.25) is 4.79 Å². The van der Waals surface area contributed by atoms with E-state index in [1.807, 2.05) is 6.33 Å². The van der Waals surface area contributed by atoms with E-state index in [-0.39, 0.29) is 11.4 Å². The third-order valence-electron chi connectivity index (χ3n) is 7.47. The van der Waals surface area contributed by atoms with E-state index in [9.17, 15) is 4.79 Å². The molecule has 2 spiro atoms. The lowest BCUT2D eigenvalue weighted by Gasteiger charge is -2.48. The quantitative estimate of drug-likeness (QED) is 0.876. The fourth-order valence-corrected chi connectivity index (χ4v) is 5.50. The highest BCUT2D eigenvalue weighted by Gasteiger charge is 2.42. The Balaban J connectivity index is 1.29. The van der Waals surface area contributed by atoms with E-state index in [1.165, 1.54) is 37.8 Å². The molecule has 0 radical (unpaired) electrons. The molecule has 1 amide bonds. The second-order valence-electron chi connectivity index (χ2n) is 8.77. The van der Waals surface area contributed by atoms with Crippen molar-refractivity contribution >= 4 is 5.91 Å². The van der Waals surface area contributed by atoms with Gasteiger partial charge in [0.25, 0.3) is 0 Å². The first-order valence-corrected chi connectivity index (χ1v) is 10.3. The first kappa shape index (κ1) is 16.8. The van der Waals surface area contributed by atoms with Crippen molar-refractivity contribution in [3.63, 3.8) is 0 Å². The highest BCUT2D eigenvalue weighted by Crippen LogP contribution is 2.48. The average Bonchev–Trinajstić information content (AvgIpc) is 3.06. The standard InChI is InChI=1S/C20H30N4O2/c25-17(23-10-5-19(6-11-23)3-1-4-19)14-24-15-21-18-16(24)2-9-22-20(18)7-12-26-13-8-20/h15,22H,1-14H2. The zero-order valence-corrected chi connectivity index (χ0v) is 15.6. The highest BCUT2D eigenvalue weighted by molar-refractivity contribution is 5.76. The van der Waals surface area contributed by atoms with Gasteiger partial charge in [-0.1, -0.05) is 6.42 Å². The maximum Gasteiger partial charge on any atom is 0.242 e. The van der Waals surface area contributed by atoms with E-state index in [1.54, 1.807) is 0 Å². The fraction of sp³-hybridized carbons (Fsp3) is 0.800. The van der Waals surface area contributed by atoms with Crippen LogP contribution in [0.25, 0.3) is 0 Å².